The van der Waals surface area contributed by atoms with Gasteiger partial charge in [0.25, 0.3) is 0 Å². The van der Waals surface area contributed by atoms with Crippen molar-refractivity contribution < 1.29 is 9.90 Å². The van der Waals surface area contributed by atoms with E-state index in [9.17, 15) is 4.79 Å². The highest BCUT2D eigenvalue weighted by Gasteiger charge is 2.33. The molecule has 1 aliphatic rings. The van der Waals surface area contributed by atoms with Gasteiger partial charge >= 0.3 is 5.97 Å². The highest BCUT2D eigenvalue weighted by Crippen LogP contribution is 2.35. The Labute approximate surface area is 85.4 Å². The number of piperidine rings is 1. The molecular weight excluding hydrogens is 178 g/mol. The average molecular weight is 197 g/mol. The normalized spacial score (nSPS) is 21.8. The minimum Gasteiger partial charge on any atom is -0.481 e. The molecule has 80 valence electrons. The molecule has 0 bridgehead atoms. The lowest BCUT2D eigenvalue weighted by atomic mass is 9.76. The van der Waals surface area contributed by atoms with Crippen LogP contribution in [-0.2, 0) is 4.79 Å². The Morgan fingerprint density at radius 2 is 2.14 bits per heavy atom. The zero-order valence-electron chi connectivity index (χ0n) is 8.83. The lowest BCUT2D eigenvalue weighted by Gasteiger charge is -2.38. The van der Waals surface area contributed by atoms with Crippen LogP contribution < -0.4 is 0 Å². The van der Waals surface area contributed by atoms with Crippen LogP contribution in [-0.4, -0.2) is 35.6 Å². The van der Waals surface area contributed by atoms with Crippen LogP contribution in [0.3, 0.4) is 0 Å². The van der Waals surface area contributed by atoms with Crippen molar-refractivity contribution in [3.05, 3.63) is 12.7 Å². The van der Waals surface area contributed by atoms with Crippen LogP contribution >= 0.6 is 0 Å². The number of carboxylic acid groups (broad SMARTS) is 1. The molecule has 1 heterocycles. The van der Waals surface area contributed by atoms with E-state index in [1.54, 1.807) is 0 Å². The van der Waals surface area contributed by atoms with Crippen molar-refractivity contribution in [3.8, 4) is 0 Å². The van der Waals surface area contributed by atoms with Gasteiger partial charge in [-0.15, -0.1) is 6.58 Å². The average Bonchev–Trinajstić information content (AvgIpc) is 2.18. The third kappa shape index (κ3) is 2.58. The second-order valence-corrected chi connectivity index (χ2v) is 4.07. The summed E-state index contributed by atoms with van der Waals surface area (Å²) >= 11 is 0. The minimum absolute atomic E-state index is 0.155. The summed E-state index contributed by atoms with van der Waals surface area (Å²) in [6.07, 6.45) is 3.93. The first-order chi connectivity index (χ1) is 6.62. The molecule has 0 amide bonds. The van der Waals surface area contributed by atoms with Crippen molar-refractivity contribution in [2.45, 2.75) is 26.2 Å². The molecule has 3 heteroatoms. The van der Waals surface area contributed by atoms with Gasteiger partial charge in [0.2, 0.25) is 0 Å². The van der Waals surface area contributed by atoms with Gasteiger partial charge in [-0.1, -0.05) is 13.0 Å². The summed E-state index contributed by atoms with van der Waals surface area (Å²) in [5.74, 6) is -0.713. The summed E-state index contributed by atoms with van der Waals surface area (Å²) in [5, 5.41) is 8.82. The maximum Gasteiger partial charge on any atom is 0.304 e. The third-order valence-electron chi connectivity index (χ3n) is 3.24. The molecule has 0 spiro atoms. The van der Waals surface area contributed by atoms with E-state index in [2.05, 4.69) is 18.4 Å². The second-order valence-electron chi connectivity index (χ2n) is 4.07. The molecular formula is C11H19NO2. The quantitative estimate of drug-likeness (QED) is 0.698. The molecule has 0 unspecified atom stereocenters. The predicted octanol–water partition coefficient (Wildman–Crippen LogP) is 1.75. The molecule has 0 radical (unpaired) electrons. The smallest absolute Gasteiger partial charge is 0.304 e. The third-order valence-corrected chi connectivity index (χ3v) is 3.24. The van der Waals surface area contributed by atoms with Crippen molar-refractivity contribution >= 4 is 5.97 Å². The summed E-state index contributed by atoms with van der Waals surface area (Å²) in [6.45, 7) is 8.96. The summed E-state index contributed by atoms with van der Waals surface area (Å²) in [5.41, 5.74) is -0.155. The van der Waals surface area contributed by atoms with Crippen molar-refractivity contribution in [2.75, 3.05) is 19.6 Å². The van der Waals surface area contributed by atoms with Crippen LogP contribution in [0, 0.1) is 5.41 Å². The first kappa shape index (κ1) is 11.2. The molecule has 1 N–H and O–H groups in total. The monoisotopic (exact) mass is 197 g/mol. The molecule has 0 aromatic carbocycles. The number of nitrogens with zero attached hydrogens (tertiary/aromatic N) is 1. The molecule has 14 heavy (non-hydrogen) atoms. The van der Waals surface area contributed by atoms with E-state index in [4.69, 9.17) is 5.11 Å². The fourth-order valence-corrected chi connectivity index (χ4v) is 2.07. The van der Waals surface area contributed by atoms with E-state index in [0.29, 0.717) is 0 Å². The van der Waals surface area contributed by atoms with Crippen molar-refractivity contribution in [3.63, 3.8) is 0 Å². The molecule has 1 saturated heterocycles. The Bertz CT molecular complexity index is 217. The molecule has 0 atom stereocenters. The summed E-state index contributed by atoms with van der Waals surface area (Å²) in [6, 6.07) is 0. The Morgan fingerprint density at radius 1 is 1.57 bits per heavy atom. The number of hydrogen-bond acceptors (Lipinski definition) is 2. The van der Waals surface area contributed by atoms with E-state index in [1.807, 2.05) is 6.08 Å². The molecule has 3 nitrogen and oxygen atoms in total. The molecule has 1 aliphatic heterocycles. The lowest BCUT2D eigenvalue weighted by Crippen LogP contribution is -2.39. The Balaban J connectivity index is 2.56. The molecule has 1 rings (SSSR count). The zero-order chi connectivity index (χ0) is 10.6. The van der Waals surface area contributed by atoms with Crippen LogP contribution in [0.25, 0.3) is 0 Å². The maximum absolute atomic E-state index is 10.7. The van der Waals surface area contributed by atoms with E-state index in [-0.39, 0.29) is 11.8 Å². The summed E-state index contributed by atoms with van der Waals surface area (Å²) in [7, 11) is 0. The van der Waals surface area contributed by atoms with Crippen molar-refractivity contribution in [2.24, 2.45) is 5.41 Å². The van der Waals surface area contributed by atoms with Gasteiger partial charge in [-0.2, -0.15) is 0 Å². The van der Waals surface area contributed by atoms with Gasteiger partial charge in [-0.25, -0.2) is 0 Å². The maximum atomic E-state index is 10.7. The second kappa shape index (κ2) is 4.60. The topological polar surface area (TPSA) is 40.5 Å². The van der Waals surface area contributed by atoms with Gasteiger partial charge in [0.15, 0.2) is 0 Å². The fourth-order valence-electron chi connectivity index (χ4n) is 2.07. The van der Waals surface area contributed by atoms with E-state index in [1.165, 1.54) is 0 Å². The molecule has 0 saturated carbocycles. The van der Waals surface area contributed by atoms with Gasteiger partial charge in [-0.3, -0.25) is 4.79 Å². The number of aliphatic carboxylic acids is 1. The van der Waals surface area contributed by atoms with E-state index in [0.717, 1.165) is 32.5 Å². The van der Waals surface area contributed by atoms with Crippen molar-refractivity contribution in [1.82, 2.24) is 4.90 Å². The number of rotatable bonds is 4. The highest BCUT2D eigenvalue weighted by molar-refractivity contribution is 5.68. The Hall–Kier alpha value is -0.830. The molecule has 1 fully saturated rings. The Morgan fingerprint density at radius 3 is 2.50 bits per heavy atom. The summed E-state index contributed by atoms with van der Waals surface area (Å²) in [4.78, 5) is 13.1. The van der Waals surface area contributed by atoms with E-state index >= 15 is 0 Å². The largest absolute Gasteiger partial charge is 0.481 e. The molecule has 0 aromatic rings. The summed E-state index contributed by atoms with van der Waals surface area (Å²) < 4.78 is 0. The number of carboxylic acids is 1. The number of allylic oxidation sites excluding steroid dienone is 1. The van der Waals surface area contributed by atoms with Crippen LogP contribution in [0.5, 0.6) is 0 Å². The molecule has 0 aromatic heterocycles. The SMILES string of the molecule is C=CC1(CC(=O)O)CCN(CC)CC1. The van der Waals surface area contributed by atoms with Gasteiger partial charge in [0.05, 0.1) is 6.42 Å². The first-order valence-corrected chi connectivity index (χ1v) is 5.19. The minimum atomic E-state index is -0.713. The zero-order valence-corrected chi connectivity index (χ0v) is 8.83. The van der Waals surface area contributed by atoms with Gasteiger partial charge in [-0.05, 0) is 32.5 Å². The highest BCUT2D eigenvalue weighted by atomic mass is 16.4. The number of carbonyl (C=O) groups is 1. The van der Waals surface area contributed by atoms with E-state index < -0.39 is 5.97 Å². The van der Waals surface area contributed by atoms with Crippen LogP contribution in [0.2, 0.25) is 0 Å². The Kier molecular flexibility index (Phi) is 3.69. The van der Waals surface area contributed by atoms with Gasteiger partial charge < -0.3 is 10.0 Å². The standard InChI is InChI=1S/C11H19NO2/c1-3-11(9-10(13)14)5-7-12(4-2)8-6-11/h3H,1,4-9H2,2H3,(H,13,14). The molecule has 0 aliphatic carbocycles. The lowest BCUT2D eigenvalue weighted by molar-refractivity contribution is -0.139. The number of hydrogen-bond donors (Lipinski definition) is 1. The number of likely N-dealkylation sites (tertiary alicyclic amines) is 1. The van der Waals surface area contributed by atoms with Gasteiger partial charge in [0.1, 0.15) is 0 Å². The van der Waals surface area contributed by atoms with Gasteiger partial charge in [0, 0.05) is 5.41 Å². The van der Waals surface area contributed by atoms with Crippen LogP contribution in [0.4, 0.5) is 0 Å². The van der Waals surface area contributed by atoms with Crippen molar-refractivity contribution in [1.29, 1.82) is 0 Å². The van der Waals surface area contributed by atoms with Crippen LogP contribution in [0.15, 0.2) is 12.7 Å². The van der Waals surface area contributed by atoms with Crippen LogP contribution in [0.1, 0.15) is 26.2 Å². The fraction of sp³-hybridized carbons (Fsp3) is 0.727. The predicted molar refractivity (Wildman–Crippen MR) is 56.2 cm³/mol. The first-order valence-electron chi connectivity index (χ1n) is 5.19.